The molecule has 3 heteroatoms. The van der Waals surface area contributed by atoms with E-state index in [0.717, 1.165) is 6.54 Å². The van der Waals surface area contributed by atoms with Crippen LogP contribution in [0.1, 0.15) is 41.0 Å². The topological polar surface area (TPSA) is 37.4 Å². The molecule has 0 N–H and O–H groups in total. The van der Waals surface area contributed by atoms with Crippen LogP contribution in [-0.4, -0.2) is 29.7 Å². The summed E-state index contributed by atoms with van der Waals surface area (Å²) in [6.07, 6.45) is 0.606. The molecule has 0 aromatic rings. The lowest BCUT2D eigenvalue weighted by Gasteiger charge is -2.22. The average molecular weight is 225 g/mol. The highest BCUT2D eigenvalue weighted by Gasteiger charge is 2.34. The summed E-state index contributed by atoms with van der Waals surface area (Å²) in [5.74, 6) is 1.21. The Hall–Kier alpha value is -0.860. The molecule has 0 saturated carbocycles. The van der Waals surface area contributed by atoms with E-state index in [0.29, 0.717) is 18.3 Å². The fourth-order valence-corrected chi connectivity index (χ4v) is 1.81. The van der Waals surface area contributed by atoms with E-state index in [1.54, 1.807) is 4.90 Å². The molecule has 1 unspecified atom stereocenters. The molecule has 1 aliphatic rings. The zero-order chi connectivity index (χ0) is 12.5. The van der Waals surface area contributed by atoms with Gasteiger partial charge in [0, 0.05) is 18.4 Å². The summed E-state index contributed by atoms with van der Waals surface area (Å²) in [6.45, 7) is 11.0. The van der Waals surface area contributed by atoms with Crippen LogP contribution in [0.15, 0.2) is 0 Å². The maximum absolute atomic E-state index is 11.8. The Morgan fingerprint density at radius 2 is 2.00 bits per heavy atom. The number of amides is 1. The fourth-order valence-electron chi connectivity index (χ4n) is 1.81. The average Bonchev–Trinajstić information content (AvgIpc) is 2.46. The van der Waals surface area contributed by atoms with Crippen LogP contribution in [0, 0.1) is 17.3 Å². The summed E-state index contributed by atoms with van der Waals surface area (Å²) in [4.78, 5) is 25.3. The number of rotatable bonds is 3. The van der Waals surface area contributed by atoms with Crippen LogP contribution < -0.4 is 0 Å². The molecular weight excluding hydrogens is 202 g/mol. The van der Waals surface area contributed by atoms with Crippen molar-refractivity contribution in [3.05, 3.63) is 0 Å². The van der Waals surface area contributed by atoms with Crippen LogP contribution >= 0.6 is 0 Å². The van der Waals surface area contributed by atoms with Gasteiger partial charge < -0.3 is 4.90 Å². The predicted octanol–water partition coefficient (Wildman–Crippen LogP) is 2.11. The van der Waals surface area contributed by atoms with Gasteiger partial charge in [0.15, 0.2) is 5.78 Å². The second-order valence-corrected chi connectivity index (χ2v) is 6.16. The Kier molecular flexibility index (Phi) is 3.76. The molecule has 16 heavy (non-hydrogen) atoms. The second kappa shape index (κ2) is 4.56. The van der Waals surface area contributed by atoms with Crippen molar-refractivity contribution in [3.8, 4) is 0 Å². The molecule has 1 saturated heterocycles. The first-order valence-corrected chi connectivity index (χ1v) is 6.03. The number of carbonyl (C=O) groups excluding carboxylic acids is 2. The Morgan fingerprint density at radius 3 is 2.38 bits per heavy atom. The molecule has 1 rings (SSSR count). The van der Waals surface area contributed by atoms with Crippen molar-refractivity contribution in [2.45, 2.75) is 41.0 Å². The van der Waals surface area contributed by atoms with Crippen molar-refractivity contribution < 1.29 is 9.59 Å². The van der Waals surface area contributed by atoms with Crippen molar-refractivity contribution >= 4 is 11.7 Å². The van der Waals surface area contributed by atoms with E-state index in [1.165, 1.54) is 0 Å². The van der Waals surface area contributed by atoms with E-state index < -0.39 is 0 Å². The SMILES string of the molecule is CC(C)C1CC(=O)N(CC(=O)C(C)(C)C)C1. The van der Waals surface area contributed by atoms with Crippen LogP contribution in [0.5, 0.6) is 0 Å². The summed E-state index contributed by atoms with van der Waals surface area (Å²) < 4.78 is 0. The molecule has 1 fully saturated rings. The van der Waals surface area contributed by atoms with E-state index in [1.807, 2.05) is 20.8 Å². The molecule has 1 atom stereocenters. The van der Waals surface area contributed by atoms with Crippen molar-refractivity contribution in [2.24, 2.45) is 17.3 Å². The molecule has 92 valence electrons. The molecule has 0 aliphatic carbocycles. The maximum atomic E-state index is 11.8. The van der Waals surface area contributed by atoms with Gasteiger partial charge in [-0.05, 0) is 11.8 Å². The van der Waals surface area contributed by atoms with Crippen LogP contribution in [0.2, 0.25) is 0 Å². The minimum atomic E-state index is -0.351. The number of ketones is 1. The third-order valence-corrected chi connectivity index (χ3v) is 3.36. The summed E-state index contributed by atoms with van der Waals surface area (Å²) in [7, 11) is 0. The summed E-state index contributed by atoms with van der Waals surface area (Å²) in [5, 5.41) is 0. The van der Waals surface area contributed by atoms with Gasteiger partial charge >= 0.3 is 0 Å². The van der Waals surface area contributed by atoms with E-state index in [9.17, 15) is 9.59 Å². The van der Waals surface area contributed by atoms with E-state index in [-0.39, 0.29) is 23.7 Å². The number of carbonyl (C=O) groups is 2. The lowest BCUT2D eigenvalue weighted by molar-refractivity contribution is -0.135. The van der Waals surface area contributed by atoms with Crippen LogP contribution in [0.4, 0.5) is 0 Å². The first kappa shape index (κ1) is 13.2. The fraction of sp³-hybridized carbons (Fsp3) is 0.846. The van der Waals surface area contributed by atoms with Crippen molar-refractivity contribution in [1.82, 2.24) is 4.90 Å². The molecule has 1 amide bonds. The number of likely N-dealkylation sites (tertiary alicyclic amines) is 1. The number of hydrogen-bond acceptors (Lipinski definition) is 2. The van der Waals surface area contributed by atoms with Gasteiger partial charge in [0.05, 0.1) is 6.54 Å². The third-order valence-electron chi connectivity index (χ3n) is 3.36. The van der Waals surface area contributed by atoms with Gasteiger partial charge in [0.25, 0.3) is 0 Å². The first-order chi connectivity index (χ1) is 7.21. The van der Waals surface area contributed by atoms with E-state index in [4.69, 9.17) is 0 Å². The Morgan fingerprint density at radius 1 is 1.44 bits per heavy atom. The summed E-state index contributed by atoms with van der Waals surface area (Å²) in [5.41, 5.74) is -0.351. The number of hydrogen-bond donors (Lipinski definition) is 0. The van der Waals surface area contributed by atoms with Crippen LogP contribution in [-0.2, 0) is 9.59 Å². The van der Waals surface area contributed by atoms with E-state index >= 15 is 0 Å². The van der Waals surface area contributed by atoms with Crippen molar-refractivity contribution in [1.29, 1.82) is 0 Å². The zero-order valence-corrected chi connectivity index (χ0v) is 11.0. The summed E-state index contributed by atoms with van der Waals surface area (Å²) >= 11 is 0. The molecule has 0 aromatic carbocycles. The Labute approximate surface area is 98.2 Å². The Balaban J connectivity index is 2.57. The minimum Gasteiger partial charge on any atom is -0.335 e. The molecule has 0 radical (unpaired) electrons. The third kappa shape index (κ3) is 3.06. The highest BCUT2D eigenvalue weighted by Crippen LogP contribution is 2.25. The van der Waals surface area contributed by atoms with Gasteiger partial charge in [-0.3, -0.25) is 9.59 Å². The normalized spacial score (nSPS) is 22.0. The maximum Gasteiger partial charge on any atom is 0.223 e. The molecule has 3 nitrogen and oxygen atoms in total. The van der Waals surface area contributed by atoms with Gasteiger partial charge in [-0.15, -0.1) is 0 Å². The molecule has 1 heterocycles. The molecule has 1 aliphatic heterocycles. The summed E-state index contributed by atoms with van der Waals surface area (Å²) in [6, 6.07) is 0. The predicted molar refractivity (Wildman–Crippen MR) is 64.0 cm³/mol. The van der Waals surface area contributed by atoms with Gasteiger partial charge in [-0.1, -0.05) is 34.6 Å². The molecule has 0 bridgehead atoms. The van der Waals surface area contributed by atoms with Gasteiger partial charge in [-0.25, -0.2) is 0 Å². The van der Waals surface area contributed by atoms with Crippen molar-refractivity contribution in [2.75, 3.05) is 13.1 Å². The quantitative estimate of drug-likeness (QED) is 0.737. The standard InChI is InChI=1S/C13H23NO2/c1-9(2)10-6-12(16)14(7-10)8-11(15)13(3,4)5/h9-10H,6-8H2,1-5H3. The highest BCUT2D eigenvalue weighted by molar-refractivity contribution is 5.90. The van der Waals surface area contributed by atoms with E-state index in [2.05, 4.69) is 13.8 Å². The lowest BCUT2D eigenvalue weighted by atomic mass is 9.90. The monoisotopic (exact) mass is 225 g/mol. The second-order valence-electron chi connectivity index (χ2n) is 6.16. The Bertz CT molecular complexity index is 289. The number of Topliss-reactive ketones (excluding diaryl/α,β-unsaturated/α-hetero) is 1. The minimum absolute atomic E-state index is 0.135. The molecule has 0 spiro atoms. The number of nitrogens with zero attached hydrogens (tertiary/aromatic N) is 1. The molecular formula is C13H23NO2. The lowest BCUT2D eigenvalue weighted by Crippen LogP contribution is -2.36. The smallest absolute Gasteiger partial charge is 0.223 e. The van der Waals surface area contributed by atoms with Gasteiger partial charge in [-0.2, -0.15) is 0 Å². The zero-order valence-electron chi connectivity index (χ0n) is 11.0. The van der Waals surface area contributed by atoms with Crippen LogP contribution in [0.25, 0.3) is 0 Å². The largest absolute Gasteiger partial charge is 0.335 e. The first-order valence-electron chi connectivity index (χ1n) is 6.03. The van der Waals surface area contributed by atoms with Crippen molar-refractivity contribution in [3.63, 3.8) is 0 Å². The highest BCUT2D eigenvalue weighted by atomic mass is 16.2. The van der Waals surface area contributed by atoms with Gasteiger partial charge in [0.2, 0.25) is 5.91 Å². The molecule has 0 aromatic heterocycles. The van der Waals surface area contributed by atoms with Crippen LogP contribution in [0.3, 0.4) is 0 Å². The van der Waals surface area contributed by atoms with Gasteiger partial charge in [0.1, 0.15) is 0 Å².